The summed E-state index contributed by atoms with van der Waals surface area (Å²) in [5.41, 5.74) is 0. The van der Waals surface area contributed by atoms with Crippen LogP contribution in [0.2, 0.25) is 0 Å². The topological polar surface area (TPSA) is 23.5 Å². The Morgan fingerprint density at radius 3 is 2.29 bits per heavy atom. The van der Waals surface area contributed by atoms with Gasteiger partial charge in [0.1, 0.15) is 0 Å². The lowest BCUT2D eigenvalue weighted by Gasteiger charge is -2.29. The Bertz CT molecular complexity index is 62.7. The molecular weight excluding hydrogens is 110 g/mol. The highest BCUT2D eigenvalue weighted by Gasteiger charge is 2.20. The predicted molar refractivity (Wildman–Crippen MR) is 30.7 cm³/mol. The fraction of sp³-hybridized carbons (Fsp3) is 1.00. The average Bonchev–Trinajstić information content (AvgIpc) is 1.23. The fourth-order valence-corrected chi connectivity index (χ4v) is 1.32. The summed E-state index contributed by atoms with van der Waals surface area (Å²) in [7, 11) is 1.70. The second-order valence-electron chi connectivity index (χ2n) is 1.76. The smallest absolute Gasteiger partial charge is 0.0527 e. The molecule has 0 atom stereocenters. The van der Waals surface area contributed by atoms with Crippen LogP contribution in [-0.2, 0) is 0 Å². The maximum atomic E-state index is 8.69. The van der Waals surface area contributed by atoms with Crippen molar-refractivity contribution < 1.29 is 5.21 Å². The minimum absolute atomic E-state index is 0.435. The van der Waals surface area contributed by atoms with Gasteiger partial charge < -0.3 is 5.21 Å². The van der Waals surface area contributed by atoms with E-state index in [0.29, 0.717) is 6.04 Å². The number of thioether (sulfide) groups is 1. The van der Waals surface area contributed by atoms with E-state index in [1.165, 1.54) is 5.06 Å². The van der Waals surface area contributed by atoms with Crippen molar-refractivity contribution in [2.24, 2.45) is 0 Å². The van der Waals surface area contributed by atoms with Crippen LogP contribution in [0, 0.1) is 0 Å². The molecule has 1 aliphatic rings. The van der Waals surface area contributed by atoms with E-state index in [-0.39, 0.29) is 0 Å². The Balaban J connectivity index is 2.14. The number of hydroxylamine groups is 2. The summed E-state index contributed by atoms with van der Waals surface area (Å²) < 4.78 is 0. The Kier molecular flexibility index (Phi) is 1.57. The van der Waals surface area contributed by atoms with E-state index in [0.717, 1.165) is 11.5 Å². The first-order chi connectivity index (χ1) is 3.30. The lowest BCUT2D eigenvalue weighted by atomic mass is 10.4. The normalized spacial score (nSPS) is 22.7. The van der Waals surface area contributed by atoms with E-state index in [9.17, 15) is 0 Å². The maximum absolute atomic E-state index is 8.69. The summed E-state index contributed by atoms with van der Waals surface area (Å²) in [6.45, 7) is 0. The van der Waals surface area contributed by atoms with E-state index in [4.69, 9.17) is 5.21 Å². The molecule has 1 saturated heterocycles. The van der Waals surface area contributed by atoms with Gasteiger partial charge in [0, 0.05) is 18.6 Å². The molecule has 1 N–H and O–H groups in total. The van der Waals surface area contributed by atoms with Crippen molar-refractivity contribution in [2.75, 3.05) is 18.6 Å². The lowest BCUT2D eigenvalue weighted by Crippen LogP contribution is -2.39. The molecular formula is C4H9NOS. The van der Waals surface area contributed by atoms with Crippen LogP contribution in [0.25, 0.3) is 0 Å². The van der Waals surface area contributed by atoms with Crippen molar-refractivity contribution in [3.8, 4) is 0 Å². The van der Waals surface area contributed by atoms with E-state index in [1.54, 1.807) is 7.05 Å². The third-order valence-corrected chi connectivity index (χ3v) is 2.39. The molecule has 0 aromatic carbocycles. The number of hydrogen-bond acceptors (Lipinski definition) is 3. The molecule has 3 heteroatoms. The second kappa shape index (κ2) is 2.03. The highest BCUT2D eigenvalue weighted by atomic mass is 32.2. The van der Waals surface area contributed by atoms with Crippen LogP contribution in [0.15, 0.2) is 0 Å². The van der Waals surface area contributed by atoms with Gasteiger partial charge in [0.15, 0.2) is 0 Å². The van der Waals surface area contributed by atoms with Gasteiger partial charge in [-0.15, -0.1) is 0 Å². The van der Waals surface area contributed by atoms with Gasteiger partial charge in [0.05, 0.1) is 6.04 Å². The van der Waals surface area contributed by atoms with Crippen molar-refractivity contribution in [2.45, 2.75) is 6.04 Å². The summed E-state index contributed by atoms with van der Waals surface area (Å²) in [6, 6.07) is 0.435. The number of rotatable bonds is 1. The molecule has 1 fully saturated rings. The molecule has 1 heterocycles. The van der Waals surface area contributed by atoms with E-state index in [1.807, 2.05) is 11.8 Å². The van der Waals surface area contributed by atoms with Crippen LogP contribution in [0.5, 0.6) is 0 Å². The van der Waals surface area contributed by atoms with Crippen LogP contribution in [0.1, 0.15) is 0 Å². The zero-order valence-corrected chi connectivity index (χ0v) is 5.11. The average molecular weight is 119 g/mol. The largest absolute Gasteiger partial charge is 0.314 e. The fourth-order valence-electron chi connectivity index (χ4n) is 0.439. The Labute approximate surface area is 47.5 Å². The summed E-state index contributed by atoms with van der Waals surface area (Å²) in [4.78, 5) is 0. The zero-order valence-electron chi connectivity index (χ0n) is 4.29. The molecule has 0 unspecified atom stereocenters. The van der Waals surface area contributed by atoms with Crippen LogP contribution in [-0.4, -0.2) is 34.9 Å². The molecule has 7 heavy (non-hydrogen) atoms. The highest BCUT2D eigenvalue weighted by Crippen LogP contribution is 2.20. The Morgan fingerprint density at radius 1 is 1.71 bits per heavy atom. The molecule has 0 bridgehead atoms. The highest BCUT2D eigenvalue weighted by molar-refractivity contribution is 8.00. The van der Waals surface area contributed by atoms with Gasteiger partial charge in [-0.05, 0) is 0 Å². The summed E-state index contributed by atoms with van der Waals surface area (Å²) in [5.74, 6) is 2.18. The molecule has 2 nitrogen and oxygen atoms in total. The molecule has 0 aromatic heterocycles. The third kappa shape index (κ3) is 1.08. The van der Waals surface area contributed by atoms with E-state index >= 15 is 0 Å². The van der Waals surface area contributed by atoms with E-state index < -0.39 is 0 Å². The van der Waals surface area contributed by atoms with Gasteiger partial charge in [-0.25, -0.2) is 0 Å². The van der Waals surface area contributed by atoms with Crippen LogP contribution in [0.3, 0.4) is 0 Å². The van der Waals surface area contributed by atoms with Crippen LogP contribution < -0.4 is 0 Å². The lowest BCUT2D eigenvalue weighted by molar-refractivity contribution is -0.0914. The summed E-state index contributed by atoms with van der Waals surface area (Å²) in [6.07, 6.45) is 0. The number of hydrogen-bond donors (Lipinski definition) is 1. The van der Waals surface area contributed by atoms with Crippen molar-refractivity contribution in [1.29, 1.82) is 0 Å². The molecule has 42 valence electrons. The minimum Gasteiger partial charge on any atom is -0.314 e. The zero-order chi connectivity index (χ0) is 5.28. The predicted octanol–water partition coefficient (Wildman–Crippen LogP) is 0.423. The molecule has 0 aromatic rings. The molecule has 1 rings (SSSR count). The van der Waals surface area contributed by atoms with Gasteiger partial charge in [-0.2, -0.15) is 16.8 Å². The Morgan fingerprint density at radius 2 is 2.29 bits per heavy atom. The monoisotopic (exact) mass is 119 g/mol. The quantitative estimate of drug-likeness (QED) is 0.506. The van der Waals surface area contributed by atoms with Crippen molar-refractivity contribution in [3.05, 3.63) is 0 Å². The van der Waals surface area contributed by atoms with Gasteiger partial charge in [0.2, 0.25) is 0 Å². The summed E-state index contributed by atoms with van der Waals surface area (Å²) in [5, 5.41) is 9.98. The minimum atomic E-state index is 0.435. The molecule has 0 amide bonds. The first-order valence-electron chi connectivity index (χ1n) is 2.30. The van der Waals surface area contributed by atoms with Crippen LogP contribution in [0.4, 0.5) is 0 Å². The third-order valence-electron chi connectivity index (χ3n) is 1.15. The second-order valence-corrected chi connectivity index (χ2v) is 2.84. The Hall–Kier alpha value is 0.270. The van der Waals surface area contributed by atoms with Crippen molar-refractivity contribution in [1.82, 2.24) is 5.06 Å². The standard InChI is InChI=1S/C4H9NOS/c1-5(6)4-2-7-3-4/h4,6H,2-3H2,1H3. The SMILES string of the molecule is CN(O)C1CSC1. The molecule has 1 aliphatic heterocycles. The van der Waals surface area contributed by atoms with Gasteiger partial charge in [0.25, 0.3) is 0 Å². The maximum Gasteiger partial charge on any atom is 0.0527 e. The van der Waals surface area contributed by atoms with E-state index in [2.05, 4.69) is 0 Å². The first-order valence-corrected chi connectivity index (χ1v) is 3.45. The molecule has 0 radical (unpaired) electrons. The van der Waals surface area contributed by atoms with Crippen LogP contribution >= 0.6 is 11.8 Å². The molecule has 0 aliphatic carbocycles. The summed E-state index contributed by atoms with van der Waals surface area (Å²) >= 11 is 1.87. The van der Waals surface area contributed by atoms with Crippen molar-refractivity contribution in [3.63, 3.8) is 0 Å². The van der Waals surface area contributed by atoms with Gasteiger partial charge in [-0.3, -0.25) is 0 Å². The van der Waals surface area contributed by atoms with Gasteiger partial charge >= 0.3 is 0 Å². The molecule has 0 saturated carbocycles. The van der Waals surface area contributed by atoms with Crippen molar-refractivity contribution >= 4 is 11.8 Å². The first kappa shape index (κ1) is 5.41. The number of nitrogens with zero attached hydrogens (tertiary/aromatic N) is 1. The molecule has 0 spiro atoms. The van der Waals surface area contributed by atoms with Gasteiger partial charge in [-0.1, -0.05) is 0 Å².